The lowest BCUT2D eigenvalue weighted by molar-refractivity contribution is -0.274. The number of fused-ring (bicyclic) bond motifs is 2. The zero-order chi connectivity index (χ0) is 23.4. The molecule has 1 aliphatic heterocycles. The quantitative estimate of drug-likeness (QED) is 0.488. The number of aromatic nitrogens is 1. The Bertz CT molecular complexity index is 1130. The van der Waals surface area contributed by atoms with Gasteiger partial charge in [0.25, 0.3) is 0 Å². The van der Waals surface area contributed by atoms with Gasteiger partial charge in [0.05, 0.1) is 12.6 Å². The molecule has 0 bridgehead atoms. The van der Waals surface area contributed by atoms with E-state index in [1.54, 1.807) is 17.9 Å². The Morgan fingerprint density at radius 1 is 1.09 bits per heavy atom. The summed E-state index contributed by atoms with van der Waals surface area (Å²) in [5.41, 5.74) is 5.66. The van der Waals surface area contributed by atoms with Crippen molar-refractivity contribution in [2.75, 3.05) is 25.6 Å². The Morgan fingerprint density at radius 2 is 1.91 bits per heavy atom. The maximum absolute atomic E-state index is 12.5. The predicted octanol–water partition coefficient (Wildman–Crippen LogP) is 4.85. The van der Waals surface area contributed by atoms with Crippen LogP contribution in [-0.4, -0.2) is 42.0 Å². The van der Waals surface area contributed by atoms with Gasteiger partial charge in [0.1, 0.15) is 5.75 Å². The molecule has 176 valence electrons. The van der Waals surface area contributed by atoms with E-state index in [9.17, 15) is 18.0 Å². The van der Waals surface area contributed by atoms with Crippen molar-refractivity contribution in [3.8, 4) is 11.6 Å². The highest BCUT2D eigenvalue weighted by molar-refractivity contribution is 5.89. The molecular formula is C24H26F3N3O3. The molecule has 0 saturated carbocycles. The predicted molar refractivity (Wildman–Crippen MR) is 119 cm³/mol. The summed E-state index contributed by atoms with van der Waals surface area (Å²) in [5, 5.41) is 0.976. The Hall–Kier alpha value is -3.20. The number of alkyl halides is 3. The monoisotopic (exact) mass is 461 g/mol. The Kier molecular flexibility index (Phi) is 6.78. The van der Waals surface area contributed by atoms with E-state index in [-0.39, 0.29) is 11.7 Å². The van der Waals surface area contributed by atoms with E-state index < -0.39 is 6.36 Å². The number of carbonyl (C=O) groups excluding carboxylic acids is 1. The minimum absolute atomic E-state index is 0.104. The fourth-order valence-corrected chi connectivity index (χ4v) is 4.18. The highest BCUT2D eigenvalue weighted by atomic mass is 19.4. The lowest BCUT2D eigenvalue weighted by Gasteiger charge is -2.29. The molecule has 1 aliphatic rings. The smallest absolute Gasteiger partial charge is 0.481 e. The first-order chi connectivity index (χ1) is 15.8. The first-order valence-corrected chi connectivity index (χ1v) is 10.9. The van der Waals surface area contributed by atoms with Crippen molar-refractivity contribution in [2.45, 2.75) is 38.6 Å². The summed E-state index contributed by atoms with van der Waals surface area (Å²) < 4.78 is 48.5. The second kappa shape index (κ2) is 9.74. The molecule has 0 spiro atoms. The number of nitrogens with zero attached hydrogens (tertiary/aromatic N) is 2. The van der Waals surface area contributed by atoms with Crippen LogP contribution in [0.1, 0.15) is 30.4 Å². The first kappa shape index (κ1) is 23.0. The molecule has 6 nitrogen and oxygen atoms in total. The summed E-state index contributed by atoms with van der Waals surface area (Å²) in [6.45, 7) is 2.18. The third kappa shape index (κ3) is 5.78. The normalized spacial score (nSPS) is 14.2. The number of halogens is 3. The third-order valence-electron chi connectivity index (χ3n) is 5.75. The lowest BCUT2D eigenvalue weighted by Crippen LogP contribution is -2.31. The van der Waals surface area contributed by atoms with Gasteiger partial charge in [-0.3, -0.25) is 15.1 Å². The molecule has 4 rings (SSSR count). The van der Waals surface area contributed by atoms with Crippen molar-refractivity contribution < 1.29 is 27.4 Å². The van der Waals surface area contributed by atoms with Crippen molar-refractivity contribution >= 4 is 16.8 Å². The molecule has 1 amide bonds. The maximum Gasteiger partial charge on any atom is 0.573 e. The SMILES string of the molecule is COc1cc2ccccc2n1NC(=O)CCCCN1CCc2ccc(OC(F)(F)F)cc2C1. The molecule has 1 aromatic heterocycles. The Balaban J connectivity index is 1.26. The van der Waals surface area contributed by atoms with Crippen molar-refractivity contribution in [2.24, 2.45) is 0 Å². The van der Waals surface area contributed by atoms with Gasteiger partial charge in [-0.25, -0.2) is 4.68 Å². The van der Waals surface area contributed by atoms with Crippen LogP contribution in [0, 0.1) is 0 Å². The standard InChI is InChI=1S/C24H26F3N3O3/c1-32-23-15-18-6-2-3-7-21(18)30(23)28-22(31)8-4-5-12-29-13-11-17-9-10-20(14-19(17)16-29)33-24(25,26)27/h2-3,6-7,9-10,14-15H,4-5,8,11-13,16H2,1H3,(H,28,31). The lowest BCUT2D eigenvalue weighted by atomic mass is 9.99. The Labute approximate surface area is 189 Å². The number of unbranched alkanes of at least 4 members (excludes halogenated alkanes) is 1. The van der Waals surface area contributed by atoms with Crippen LogP contribution in [0.25, 0.3) is 10.9 Å². The van der Waals surface area contributed by atoms with Crippen LogP contribution in [-0.2, 0) is 17.8 Å². The number of hydrogen-bond acceptors (Lipinski definition) is 4. The number of para-hydroxylation sites is 1. The average molecular weight is 461 g/mol. The molecule has 0 fully saturated rings. The van der Waals surface area contributed by atoms with E-state index in [0.29, 0.717) is 25.3 Å². The molecule has 3 aromatic rings. The average Bonchev–Trinajstić information content (AvgIpc) is 3.13. The van der Waals surface area contributed by atoms with E-state index in [2.05, 4.69) is 15.1 Å². The number of rotatable bonds is 8. The summed E-state index contributed by atoms with van der Waals surface area (Å²) in [7, 11) is 1.56. The summed E-state index contributed by atoms with van der Waals surface area (Å²) in [6, 6.07) is 14.1. The molecule has 2 aromatic carbocycles. The zero-order valence-corrected chi connectivity index (χ0v) is 18.3. The number of ether oxygens (including phenoxy) is 2. The third-order valence-corrected chi connectivity index (χ3v) is 5.75. The van der Waals surface area contributed by atoms with Gasteiger partial charge in [-0.1, -0.05) is 24.3 Å². The summed E-state index contributed by atoms with van der Waals surface area (Å²) in [6.07, 6.45) is -2.04. The van der Waals surface area contributed by atoms with Crippen molar-refractivity contribution in [1.29, 1.82) is 0 Å². The van der Waals surface area contributed by atoms with E-state index in [0.717, 1.165) is 48.0 Å². The second-order valence-electron chi connectivity index (χ2n) is 8.08. The molecule has 0 saturated heterocycles. The van der Waals surface area contributed by atoms with Crippen molar-refractivity contribution in [3.05, 3.63) is 59.7 Å². The molecule has 9 heteroatoms. The Morgan fingerprint density at radius 3 is 2.70 bits per heavy atom. The van der Waals surface area contributed by atoms with E-state index in [1.165, 1.54) is 12.1 Å². The molecule has 0 unspecified atom stereocenters. The van der Waals surface area contributed by atoms with E-state index >= 15 is 0 Å². The summed E-state index contributed by atoms with van der Waals surface area (Å²) in [5.74, 6) is 0.269. The molecule has 0 aliphatic carbocycles. The van der Waals surface area contributed by atoms with Gasteiger partial charge >= 0.3 is 6.36 Å². The molecule has 0 radical (unpaired) electrons. The van der Waals surface area contributed by atoms with E-state index in [1.807, 2.05) is 30.3 Å². The first-order valence-electron chi connectivity index (χ1n) is 10.9. The zero-order valence-electron chi connectivity index (χ0n) is 18.3. The van der Waals surface area contributed by atoms with Gasteiger partial charge in [0.2, 0.25) is 11.8 Å². The molecule has 33 heavy (non-hydrogen) atoms. The van der Waals surface area contributed by atoms with E-state index in [4.69, 9.17) is 4.74 Å². The number of amides is 1. The fourth-order valence-electron chi connectivity index (χ4n) is 4.18. The minimum Gasteiger partial charge on any atom is -0.481 e. The molecule has 0 atom stereocenters. The van der Waals surface area contributed by atoms with Crippen molar-refractivity contribution in [3.63, 3.8) is 0 Å². The van der Waals surface area contributed by atoms with Crippen LogP contribution in [0.4, 0.5) is 13.2 Å². The fraction of sp³-hybridized carbons (Fsp3) is 0.375. The molecular weight excluding hydrogens is 435 g/mol. The van der Waals surface area contributed by atoms with Gasteiger partial charge in [-0.05, 0) is 55.1 Å². The largest absolute Gasteiger partial charge is 0.573 e. The number of nitrogens with one attached hydrogen (secondary N) is 1. The topological polar surface area (TPSA) is 55.7 Å². The van der Waals surface area contributed by atoms with Crippen LogP contribution in [0.2, 0.25) is 0 Å². The number of carbonyl (C=O) groups is 1. The van der Waals surface area contributed by atoms with Gasteiger partial charge in [-0.15, -0.1) is 13.2 Å². The second-order valence-corrected chi connectivity index (χ2v) is 8.08. The van der Waals surface area contributed by atoms with Crippen LogP contribution in [0.15, 0.2) is 48.5 Å². The molecule has 2 heterocycles. The van der Waals surface area contributed by atoms with Gasteiger partial charge in [0, 0.05) is 31.0 Å². The van der Waals surface area contributed by atoms with Crippen LogP contribution in [0.5, 0.6) is 11.6 Å². The molecule has 1 N–H and O–H groups in total. The van der Waals surface area contributed by atoms with Gasteiger partial charge < -0.3 is 9.47 Å². The number of hydrogen-bond donors (Lipinski definition) is 1. The van der Waals surface area contributed by atoms with Crippen LogP contribution in [0.3, 0.4) is 0 Å². The van der Waals surface area contributed by atoms with Crippen molar-refractivity contribution in [1.82, 2.24) is 9.58 Å². The highest BCUT2D eigenvalue weighted by Gasteiger charge is 2.31. The number of methoxy groups -OCH3 is 1. The van der Waals surface area contributed by atoms with Crippen LogP contribution < -0.4 is 14.9 Å². The minimum atomic E-state index is -4.69. The van der Waals surface area contributed by atoms with Gasteiger partial charge in [-0.2, -0.15) is 0 Å². The highest BCUT2D eigenvalue weighted by Crippen LogP contribution is 2.28. The summed E-state index contributed by atoms with van der Waals surface area (Å²) in [4.78, 5) is 14.7. The van der Waals surface area contributed by atoms with Crippen LogP contribution >= 0.6 is 0 Å². The number of benzene rings is 2. The van der Waals surface area contributed by atoms with Gasteiger partial charge in [0.15, 0.2) is 0 Å². The summed E-state index contributed by atoms with van der Waals surface area (Å²) >= 11 is 0. The maximum atomic E-state index is 12.5.